The highest BCUT2D eigenvalue weighted by atomic mass is 16.5. The van der Waals surface area contributed by atoms with Crippen molar-refractivity contribution in [3.8, 4) is 0 Å². The summed E-state index contributed by atoms with van der Waals surface area (Å²) in [6.45, 7) is 5.06. The van der Waals surface area contributed by atoms with Crippen molar-refractivity contribution in [3.05, 3.63) is 76.5 Å². The number of fused-ring (bicyclic) bond motifs is 1. The van der Waals surface area contributed by atoms with Gasteiger partial charge in [0.15, 0.2) is 5.76 Å². The van der Waals surface area contributed by atoms with Gasteiger partial charge in [0.05, 0.1) is 19.3 Å². The van der Waals surface area contributed by atoms with Crippen molar-refractivity contribution in [2.45, 2.75) is 51.3 Å². The first-order valence-electron chi connectivity index (χ1n) is 12.3. The van der Waals surface area contributed by atoms with Crippen LogP contribution in [-0.4, -0.2) is 60.1 Å². The molecule has 2 unspecified atom stereocenters. The number of carbonyl (C=O) groups is 2. The largest absolute Gasteiger partial charge is 0.482 e. The molecule has 178 valence electrons. The number of morpholine rings is 2. The number of ether oxygens (including phenoxy) is 2. The fourth-order valence-corrected chi connectivity index (χ4v) is 5.07. The zero-order chi connectivity index (χ0) is 23.5. The summed E-state index contributed by atoms with van der Waals surface area (Å²) in [5.41, 5.74) is 3.85. The molecule has 3 aliphatic rings. The van der Waals surface area contributed by atoms with Crippen molar-refractivity contribution < 1.29 is 19.1 Å². The van der Waals surface area contributed by atoms with Gasteiger partial charge in [-0.1, -0.05) is 48.4 Å². The Hall–Kier alpha value is -3.12. The lowest BCUT2D eigenvalue weighted by Crippen LogP contribution is -2.54. The zero-order valence-electron chi connectivity index (χ0n) is 19.7. The van der Waals surface area contributed by atoms with Crippen LogP contribution in [0.1, 0.15) is 52.7 Å². The predicted molar refractivity (Wildman–Crippen MR) is 130 cm³/mol. The lowest BCUT2D eigenvalue weighted by Gasteiger charge is -2.44. The molecule has 0 aromatic heterocycles. The van der Waals surface area contributed by atoms with E-state index in [4.69, 9.17) is 9.47 Å². The van der Waals surface area contributed by atoms with Crippen LogP contribution in [0.4, 0.5) is 0 Å². The van der Waals surface area contributed by atoms with E-state index < -0.39 is 0 Å². The highest BCUT2D eigenvalue weighted by Gasteiger charge is 2.41. The van der Waals surface area contributed by atoms with Gasteiger partial charge in [0.2, 0.25) is 0 Å². The standard InChI is InChI=1S/C28H32N2O4/c1-20-6-8-22(9-7-20)19-30-24-4-2-3-5-25(24)34-26(28(30)32)18-21-10-12-23(13-11-21)27(31)29-14-16-33-17-15-29/h6-13,18,24-25H,2-5,14-17,19H2,1H3/b26-18+. The number of aryl methyl sites for hydroxylation is 1. The van der Waals surface area contributed by atoms with Crippen LogP contribution in [-0.2, 0) is 20.8 Å². The predicted octanol–water partition coefficient (Wildman–Crippen LogP) is 4.18. The molecule has 2 saturated heterocycles. The van der Waals surface area contributed by atoms with Gasteiger partial charge in [0.1, 0.15) is 6.10 Å². The van der Waals surface area contributed by atoms with E-state index in [0.29, 0.717) is 44.2 Å². The first-order chi connectivity index (χ1) is 16.6. The van der Waals surface area contributed by atoms with Gasteiger partial charge in [0.25, 0.3) is 11.8 Å². The SMILES string of the molecule is Cc1ccc(CN2C(=O)/C(=C\c3ccc(C(=O)N4CCOCC4)cc3)OC3CCCCC32)cc1. The summed E-state index contributed by atoms with van der Waals surface area (Å²) in [5, 5.41) is 0. The molecule has 2 aromatic rings. The van der Waals surface area contributed by atoms with E-state index in [1.165, 1.54) is 5.56 Å². The highest BCUT2D eigenvalue weighted by molar-refractivity contribution is 5.97. The van der Waals surface area contributed by atoms with E-state index in [9.17, 15) is 9.59 Å². The zero-order valence-corrected chi connectivity index (χ0v) is 19.7. The molecule has 6 heteroatoms. The van der Waals surface area contributed by atoms with Crippen LogP contribution in [0.5, 0.6) is 0 Å². The van der Waals surface area contributed by atoms with Crippen molar-refractivity contribution in [1.29, 1.82) is 0 Å². The third kappa shape index (κ3) is 4.87. The van der Waals surface area contributed by atoms with E-state index in [1.807, 2.05) is 40.1 Å². The van der Waals surface area contributed by atoms with Gasteiger partial charge >= 0.3 is 0 Å². The number of nitrogens with zero attached hydrogens (tertiary/aromatic N) is 2. The second-order valence-corrected chi connectivity index (χ2v) is 9.46. The van der Waals surface area contributed by atoms with E-state index in [1.54, 1.807) is 0 Å². The molecular formula is C28H32N2O4. The lowest BCUT2D eigenvalue weighted by atomic mass is 9.89. The first-order valence-corrected chi connectivity index (χ1v) is 12.3. The van der Waals surface area contributed by atoms with Crippen LogP contribution < -0.4 is 0 Å². The van der Waals surface area contributed by atoms with Crippen molar-refractivity contribution in [1.82, 2.24) is 9.80 Å². The Morgan fingerprint density at radius 2 is 1.71 bits per heavy atom. The van der Waals surface area contributed by atoms with Gasteiger partial charge in [0, 0.05) is 25.2 Å². The normalized spacial score (nSPS) is 24.0. The monoisotopic (exact) mass is 460 g/mol. The Balaban J connectivity index is 1.35. The number of rotatable bonds is 4. The van der Waals surface area contributed by atoms with Gasteiger partial charge in [-0.05, 0) is 55.5 Å². The molecule has 3 fully saturated rings. The molecule has 1 aliphatic carbocycles. The fourth-order valence-electron chi connectivity index (χ4n) is 5.07. The van der Waals surface area contributed by atoms with Gasteiger partial charge in [-0.25, -0.2) is 0 Å². The van der Waals surface area contributed by atoms with Crippen LogP contribution in [0.25, 0.3) is 6.08 Å². The molecular weight excluding hydrogens is 428 g/mol. The van der Waals surface area contributed by atoms with Gasteiger partial charge < -0.3 is 19.3 Å². The smallest absolute Gasteiger partial charge is 0.289 e. The van der Waals surface area contributed by atoms with E-state index in [0.717, 1.165) is 36.8 Å². The van der Waals surface area contributed by atoms with Crippen LogP contribution in [0, 0.1) is 6.92 Å². The highest BCUT2D eigenvalue weighted by Crippen LogP contribution is 2.34. The molecule has 2 amide bonds. The van der Waals surface area contributed by atoms with Gasteiger partial charge in [-0.15, -0.1) is 0 Å². The van der Waals surface area contributed by atoms with Crippen molar-refractivity contribution in [3.63, 3.8) is 0 Å². The average molecular weight is 461 g/mol. The Labute approximate surface area is 201 Å². The third-order valence-corrected chi connectivity index (χ3v) is 7.05. The molecule has 0 spiro atoms. The molecule has 6 nitrogen and oxygen atoms in total. The Morgan fingerprint density at radius 3 is 2.44 bits per heavy atom. The molecule has 0 N–H and O–H groups in total. The summed E-state index contributed by atoms with van der Waals surface area (Å²) in [6, 6.07) is 15.9. The second-order valence-electron chi connectivity index (χ2n) is 9.46. The molecule has 2 heterocycles. The maximum absolute atomic E-state index is 13.5. The minimum atomic E-state index is -0.0582. The molecule has 1 saturated carbocycles. The van der Waals surface area contributed by atoms with Crippen LogP contribution in [0.3, 0.4) is 0 Å². The molecule has 0 bridgehead atoms. The summed E-state index contributed by atoms with van der Waals surface area (Å²) in [6.07, 6.45) is 6.04. The Kier molecular flexibility index (Phi) is 6.68. The van der Waals surface area contributed by atoms with E-state index in [2.05, 4.69) is 31.2 Å². The summed E-state index contributed by atoms with van der Waals surface area (Å²) in [5.74, 6) is 0.349. The van der Waals surface area contributed by atoms with Crippen LogP contribution >= 0.6 is 0 Å². The quantitative estimate of drug-likeness (QED) is 0.643. The summed E-state index contributed by atoms with van der Waals surface area (Å²) < 4.78 is 11.6. The first kappa shape index (κ1) is 22.7. The van der Waals surface area contributed by atoms with Crippen LogP contribution in [0.15, 0.2) is 54.3 Å². The lowest BCUT2D eigenvalue weighted by molar-refractivity contribution is -0.149. The van der Waals surface area contributed by atoms with Crippen molar-refractivity contribution in [2.24, 2.45) is 0 Å². The van der Waals surface area contributed by atoms with Gasteiger partial charge in [-0.3, -0.25) is 9.59 Å². The van der Waals surface area contributed by atoms with E-state index >= 15 is 0 Å². The van der Waals surface area contributed by atoms with E-state index in [-0.39, 0.29) is 24.0 Å². The maximum Gasteiger partial charge on any atom is 0.289 e. The fraction of sp³-hybridized carbons (Fsp3) is 0.429. The second kappa shape index (κ2) is 10.0. The minimum absolute atomic E-state index is 0.0156. The number of benzene rings is 2. The van der Waals surface area contributed by atoms with Crippen molar-refractivity contribution in [2.75, 3.05) is 26.3 Å². The maximum atomic E-state index is 13.5. The topological polar surface area (TPSA) is 59.1 Å². The number of carbonyl (C=O) groups excluding carboxylic acids is 2. The number of amides is 2. The average Bonchev–Trinajstić information content (AvgIpc) is 2.88. The minimum Gasteiger partial charge on any atom is -0.482 e. The third-order valence-electron chi connectivity index (χ3n) is 7.05. The Morgan fingerprint density at radius 1 is 1.00 bits per heavy atom. The molecule has 34 heavy (non-hydrogen) atoms. The Bertz CT molecular complexity index is 1050. The molecule has 0 radical (unpaired) electrons. The van der Waals surface area contributed by atoms with Crippen LogP contribution in [0.2, 0.25) is 0 Å². The van der Waals surface area contributed by atoms with Crippen molar-refractivity contribution >= 4 is 17.9 Å². The number of hydrogen-bond donors (Lipinski definition) is 0. The molecule has 2 aromatic carbocycles. The van der Waals surface area contributed by atoms with Gasteiger partial charge in [-0.2, -0.15) is 0 Å². The summed E-state index contributed by atoms with van der Waals surface area (Å²) in [7, 11) is 0. The molecule has 2 aliphatic heterocycles. The molecule has 2 atom stereocenters. The summed E-state index contributed by atoms with van der Waals surface area (Å²) in [4.78, 5) is 30.0. The molecule has 5 rings (SSSR count). The number of hydrogen-bond acceptors (Lipinski definition) is 4. The summed E-state index contributed by atoms with van der Waals surface area (Å²) >= 11 is 0.